The van der Waals surface area contributed by atoms with Crippen molar-refractivity contribution < 1.29 is 4.79 Å². The molecule has 1 aromatic rings. The molecule has 20 heavy (non-hydrogen) atoms. The van der Waals surface area contributed by atoms with Crippen LogP contribution in [0.5, 0.6) is 0 Å². The van der Waals surface area contributed by atoms with E-state index in [0.29, 0.717) is 6.42 Å². The molecule has 0 aromatic heterocycles. The molecule has 1 aromatic carbocycles. The van der Waals surface area contributed by atoms with Crippen molar-refractivity contribution in [3.05, 3.63) is 30.3 Å². The van der Waals surface area contributed by atoms with Gasteiger partial charge in [0.2, 0.25) is 5.91 Å². The second-order valence-electron chi connectivity index (χ2n) is 4.79. The summed E-state index contributed by atoms with van der Waals surface area (Å²) in [4.78, 5) is 14.0. The van der Waals surface area contributed by atoms with Gasteiger partial charge in [0.15, 0.2) is 0 Å². The molecule has 114 valence electrons. The van der Waals surface area contributed by atoms with Gasteiger partial charge < -0.3 is 16.0 Å². The van der Waals surface area contributed by atoms with Crippen molar-refractivity contribution in [3.8, 4) is 0 Å². The molecule has 1 aliphatic heterocycles. The van der Waals surface area contributed by atoms with E-state index in [4.69, 9.17) is 5.73 Å². The summed E-state index contributed by atoms with van der Waals surface area (Å²) in [5.41, 5.74) is 6.93. The Morgan fingerprint density at radius 1 is 1.40 bits per heavy atom. The van der Waals surface area contributed by atoms with Gasteiger partial charge >= 0.3 is 0 Å². The Morgan fingerprint density at radius 3 is 2.65 bits per heavy atom. The second kappa shape index (κ2) is 9.06. The largest absolute Gasteiger partial charge is 0.369 e. The minimum absolute atomic E-state index is 0. The lowest BCUT2D eigenvalue weighted by Gasteiger charge is -2.19. The van der Waals surface area contributed by atoms with Gasteiger partial charge in [0.25, 0.3) is 0 Å². The Hall–Kier alpha value is -0.970. The summed E-state index contributed by atoms with van der Waals surface area (Å²) in [6.07, 6.45) is 1.66. The summed E-state index contributed by atoms with van der Waals surface area (Å²) in [7, 11) is 0. The average molecular weight is 320 g/mol. The number of nitrogens with two attached hydrogens (primary N) is 1. The number of rotatable bonds is 4. The number of nitrogens with zero attached hydrogens (tertiary/aromatic N) is 1. The highest BCUT2D eigenvalue weighted by atomic mass is 35.5. The maximum atomic E-state index is 11.7. The maximum Gasteiger partial charge on any atom is 0.237 e. The minimum Gasteiger partial charge on any atom is -0.369 e. The molecule has 1 amide bonds. The lowest BCUT2D eigenvalue weighted by atomic mass is 10.2. The van der Waals surface area contributed by atoms with Crippen LogP contribution in [0, 0.1) is 0 Å². The Balaban J connectivity index is 0.00000180. The fourth-order valence-corrected chi connectivity index (χ4v) is 2.25. The van der Waals surface area contributed by atoms with Gasteiger partial charge in [-0.2, -0.15) is 0 Å². The monoisotopic (exact) mass is 319 g/mol. The zero-order chi connectivity index (χ0) is 13.0. The standard InChI is InChI=1S/C14H21N3O.2ClH/c1-2-13(15)14(18)16-11-8-9-17(10-11)12-6-4-3-5-7-12;;/h3-7,11,13H,2,8-10,15H2,1H3,(H,16,18);2*1H/t11?,13-;;/m0../s1. The number of nitrogens with one attached hydrogen (secondary N) is 1. The van der Waals surface area contributed by atoms with E-state index < -0.39 is 0 Å². The second-order valence-corrected chi connectivity index (χ2v) is 4.79. The zero-order valence-electron chi connectivity index (χ0n) is 11.6. The number of hydrogen-bond acceptors (Lipinski definition) is 3. The quantitative estimate of drug-likeness (QED) is 0.892. The van der Waals surface area contributed by atoms with E-state index in [2.05, 4.69) is 22.3 Å². The van der Waals surface area contributed by atoms with E-state index in [0.717, 1.165) is 19.5 Å². The van der Waals surface area contributed by atoms with E-state index in [-0.39, 0.29) is 42.8 Å². The minimum atomic E-state index is -0.379. The molecule has 1 fully saturated rings. The van der Waals surface area contributed by atoms with Gasteiger partial charge in [-0.1, -0.05) is 25.1 Å². The fourth-order valence-electron chi connectivity index (χ4n) is 2.25. The lowest BCUT2D eigenvalue weighted by molar-refractivity contribution is -0.123. The molecule has 6 heteroatoms. The normalized spacial score (nSPS) is 18.7. The predicted octanol–water partition coefficient (Wildman–Crippen LogP) is 1.96. The van der Waals surface area contributed by atoms with Gasteiger partial charge in [-0.3, -0.25) is 4.79 Å². The Bertz CT molecular complexity index is 403. The Morgan fingerprint density at radius 2 is 2.05 bits per heavy atom. The molecule has 1 saturated heterocycles. The van der Waals surface area contributed by atoms with Crippen LogP contribution in [0.15, 0.2) is 30.3 Å². The number of anilines is 1. The summed E-state index contributed by atoms with van der Waals surface area (Å²) in [5.74, 6) is -0.0302. The van der Waals surface area contributed by atoms with Gasteiger partial charge in [0.05, 0.1) is 6.04 Å². The molecular formula is C14H23Cl2N3O. The molecule has 1 unspecified atom stereocenters. The topological polar surface area (TPSA) is 58.4 Å². The van der Waals surface area contributed by atoms with Crippen LogP contribution < -0.4 is 16.0 Å². The van der Waals surface area contributed by atoms with Crippen LogP contribution in [-0.4, -0.2) is 31.1 Å². The number of carbonyl (C=O) groups excluding carboxylic acids is 1. The van der Waals surface area contributed by atoms with E-state index in [1.54, 1.807) is 0 Å². The smallest absolute Gasteiger partial charge is 0.237 e. The molecule has 2 atom stereocenters. The number of hydrogen-bond donors (Lipinski definition) is 2. The summed E-state index contributed by atoms with van der Waals surface area (Å²) in [5, 5.41) is 3.02. The van der Waals surface area contributed by atoms with Crippen molar-refractivity contribution in [2.24, 2.45) is 5.73 Å². The molecule has 0 saturated carbocycles. The third kappa shape index (κ3) is 4.85. The molecule has 0 bridgehead atoms. The van der Waals surface area contributed by atoms with E-state index in [9.17, 15) is 4.79 Å². The van der Waals surface area contributed by atoms with Gasteiger partial charge in [0.1, 0.15) is 0 Å². The van der Waals surface area contributed by atoms with Crippen molar-refractivity contribution in [1.82, 2.24) is 5.32 Å². The first kappa shape index (κ1) is 19.0. The van der Waals surface area contributed by atoms with Crippen molar-refractivity contribution in [1.29, 1.82) is 0 Å². The van der Waals surface area contributed by atoms with E-state index >= 15 is 0 Å². The Labute approximate surface area is 132 Å². The number of halogens is 2. The van der Waals surface area contributed by atoms with Gasteiger partial charge in [-0.25, -0.2) is 0 Å². The van der Waals surface area contributed by atoms with E-state index in [1.165, 1.54) is 5.69 Å². The number of benzene rings is 1. The van der Waals surface area contributed by atoms with Crippen LogP contribution in [0.25, 0.3) is 0 Å². The third-order valence-electron chi connectivity index (χ3n) is 3.43. The molecular weight excluding hydrogens is 297 g/mol. The van der Waals surface area contributed by atoms with Crippen molar-refractivity contribution in [3.63, 3.8) is 0 Å². The molecule has 1 heterocycles. The van der Waals surface area contributed by atoms with Crippen molar-refractivity contribution >= 4 is 36.4 Å². The molecule has 1 aliphatic rings. The zero-order valence-corrected chi connectivity index (χ0v) is 13.3. The fraction of sp³-hybridized carbons (Fsp3) is 0.500. The molecule has 0 spiro atoms. The number of amides is 1. The van der Waals surface area contributed by atoms with Crippen molar-refractivity contribution in [2.75, 3.05) is 18.0 Å². The summed E-state index contributed by atoms with van der Waals surface area (Å²) >= 11 is 0. The summed E-state index contributed by atoms with van der Waals surface area (Å²) < 4.78 is 0. The van der Waals surface area contributed by atoms with Crippen LogP contribution in [0.2, 0.25) is 0 Å². The number of para-hydroxylation sites is 1. The molecule has 4 nitrogen and oxygen atoms in total. The summed E-state index contributed by atoms with van der Waals surface area (Å²) in [6.45, 7) is 3.78. The van der Waals surface area contributed by atoms with Crippen LogP contribution >= 0.6 is 24.8 Å². The van der Waals surface area contributed by atoms with Crippen LogP contribution in [0.3, 0.4) is 0 Å². The average Bonchev–Trinajstić information content (AvgIpc) is 2.87. The van der Waals surface area contributed by atoms with E-state index in [1.807, 2.05) is 25.1 Å². The molecule has 3 N–H and O–H groups in total. The molecule has 0 aliphatic carbocycles. The molecule has 2 rings (SSSR count). The maximum absolute atomic E-state index is 11.7. The first-order valence-corrected chi connectivity index (χ1v) is 6.56. The van der Waals surface area contributed by atoms with Crippen molar-refractivity contribution in [2.45, 2.75) is 31.8 Å². The lowest BCUT2D eigenvalue weighted by Crippen LogP contribution is -2.46. The van der Waals surface area contributed by atoms with Gasteiger partial charge in [0, 0.05) is 24.8 Å². The third-order valence-corrected chi connectivity index (χ3v) is 3.43. The van der Waals surface area contributed by atoms with Crippen LogP contribution in [-0.2, 0) is 4.79 Å². The first-order valence-electron chi connectivity index (χ1n) is 6.56. The highest BCUT2D eigenvalue weighted by Gasteiger charge is 2.25. The SMILES string of the molecule is CC[C@H](N)C(=O)NC1CCN(c2ccccc2)C1.Cl.Cl. The van der Waals surface area contributed by atoms with Gasteiger partial charge in [-0.15, -0.1) is 24.8 Å². The Kier molecular flexibility index (Phi) is 8.62. The number of carbonyl (C=O) groups is 1. The predicted molar refractivity (Wildman–Crippen MR) is 88.0 cm³/mol. The first-order chi connectivity index (χ1) is 8.70. The summed E-state index contributed by atoms with van der Waals surface area (Å²) in [6, 6.07) is 10.1. The molecule has 0 radical (unpaired) electrons. The highest BCUT2D eigenvalue weighted by molar-refractivity contribution is 5.85. The van der Waals surface area contributed by atoms with Crippen LogP contribution in [0.4, 0.5) is 5.69 Å². The highest BCUT2D eigenvalue weighted by Crippen LogP contribution is 2.19. The van der Waals surface area contributed by atoms with Gasteiger partial charge in [-0.05, 0) is 25.0 Å². The van der Waals surface area contributed by atoms with Crippen LogP contribution in [0.1, 0.15) is 19.8 Å².